The number of nitrogens with one attached hydrogen (secondary N) is 1. The first-order chi connectivity index (χ1) is 7.70. The Labute approximate surface area is 92.6 Å². The second kappa shape index (κ2) is 6.49. The number of primary amides is 1. The van der Waals surface area contributed by atoms with Crippen LogP contribution in [0.5, 0.6) is 0 Å². The smallest absolute Gasteiger partial charge is 0.345 e. The minimum atomic E-state index is -0.667. The van der Waals surface area contributed by atoms with Crippen molar-refractivity contribution in [1.82, 2.24) is 9.97 Å². The average molecular weight is 222 g/mol. The number of nitrogens with zero attached hydrogens (tertiary/aromatic N) is 2. The van der Waals surface area contributed by atoms with Crippen molar-refractivity contribution < 1.29 is 4.79 Å². The summed E-state index contributed by atoms with van der Waals surface area (Å²) in [5.41, 5.74) is 4.34. The zero-order chi connectivity index (χ0) is 11.8. The van der Waals surface area contributed by atoms with Gasteiger partial charge in [0.15, 0.2) is 0 Å². The molecule has 1 aromatic heterocycles. The first-order valence-corrected chi connectivity index (χ1v) is 5.03. The lowest BCUT2D eigenvalue weighted by Gasteiger charge is -1.97. The lowest BCUT2D eigenvalue weighted by atomic mass is 10.2. The summed E-state index contributed by atoms with van der Waals surface area (Å²) in [6.45, 7) is 1.07. The summed E-state index contributed by atoms with van der Waals surface area (Å²) in [6, 6.07) is 1.34. The maximum Gasteiger partial charge on any atom is 0.345 e. The number of aliphatic imine (C=N–C) groups is 1. The summed E-state index contributed by atoms with van der Waals surface area (Å²) in [5.74, 6) is -0.667. The van der Waals surface area contributed by atoms with Gasteiger partial charge in [-0.15, -0.1) is 0 Å². The molecule has 0 spiro atoms. The molecule has 0 radical (unpaired) electrons. The van der Waals surface area contributed by atoms with E-state index >= 15 is 0 Å². The second-order valence-electron chi connectivity index (χ2n) is 3.24. The molecule has 0 aliphatic carbocycles. The first kappa shape index (κ1) is 12.1. The van der Waals surface area contributed by atoms with Gasteiger partial charge in [0.25, 0.3) is 5.91 Å². The van der Waals surface area contributed by atoms with E-state index in [1.165, 1.54) is 31.5 Å². The molecule has 3 N–H and O–H groups in total. The van der Waals surface area contributed by atoms with E-state index < -0.39 is 11.6 Å². The lowest BCUT2D eigenvalue weighted by molar-refractivity contribution is 0.0995. The van der Waals surface area contributed by atoms with Crippen molar-refractivity contribution in [2.45, 2.75) is 19.3 Å². The predicted octanol–water partition coefficient (Wildman–Crippen LogP) is 0.110. The molecule has 0 fully saturated rings. The van der Waals surface area contributed by atoms with E-state index in [9.17, 15) is 9.59 Å². The molecule has 0 atom stereocenters. The van der Waals surface area contributed by atoms with Crippen LogP contribution in [0.4, 0.5) is 0 Å². The van der Waals surface area contributed by atoms with Gasteiger partial charge in [-0.1, -0.05) is 0 Å². The van der Waals surface area contributed by atoms with E-state index in [0.717, 1.165) is 6.54 Å². The topological polar surface area (TPSA) is 101 Å². The van der Waals surface area contributed by atoms with Crippen molar-refractivity contribution in [2.24, 2.45) is 10.7 Å². The van der Waals surface area contributed by atoms with Gasteiger partial charge in [0.1, 0.15) is 5.69 Å². The molecule has 0 unspecified atom stereocenters. The Kier molecular flexibility index (Phi) is 4.91. The van der Waals surface area contributed by atoms with Crippen LogP contribution in [0.3, 0.4) is 0 Å². The zero-order valence-corrected chi connectivity index (χ0v) is 8.85. The molecular formula is C10H14N4O2. The summed E-state index contributed by atoms with van der Waals surface area (Å²) in [7, 11) is 0. The molecule has 6 heteroatoms. The van der Waals surface area contributed by atoms with Gasteiger partial charge >= 0.3 is 5.69 Å². The minimum Gasteiger partial charge on any atom is -0.364 e. The molecule has 0 saturated heterocycles. The van der Waals surface area contributed by atoms with Gasteiger partial charge in [-0.3, -0.25) is 9.79 Å². The average Bonchev–Trinajstić information content (AvgIpc) is 2.32. The molecule has 6 nitrogen and oxygen atoms in total. The number of H-pyrrole nitrogens is 1. The van der Waals surface area contributed by atoms with Gasteiger partial charge in [0.2, 0.25) is 0 Å². The summed E-state index contributed by atoms with van der Waals surface area (Å²) >= 11 is 0. The maximum absolute atomic E-state index is 10.4. The molecule has 1 aliphatic rings. The molecule has 86 valence electrons. The van der Waals surface area contributed by atoms with Crippen LogP contribution in [-0.4, -0.2) is 28.6 Å². The maximum atomic E-state index is 10.4. The SMILES string of the molecule is C1=NCCCC1.NC(=O)c1ccnc(=O)[nH]1. The number of aromatic nitrogens is 2. The van der Waals surface area contributed by atoms with Gasteiger partial charge in [0, 0.05) is 12.7 Å². The number of rotatable bonds is 1. The van der Waals surface area contributed by atoms with Gasteiger partial charge < -0.3 is 10.7 Å². The summed E-state index contributed by atoms with van der Waals surface area (Å²) < 4.78 is 0. The number of nitrogens with two attached hydrogens (primary N) is 1. The zero-order valence-electron chi connectivity index (χ0n) is 8.85. The Hall–Kier alpha value is -1.98. The van der Waals surface area contributed by atoms with Crippen LogP contribution in [-0.2, 0) is 0 Å². The van der Waals surface area contributed by atoms with Crippen LogP contribution in [0.1, 0.15) is 29.8 Å². The van der Waals surface area contributed by atoms with E-state index in [-0.39, 0.29) is 5.69 Å². The fraction of sp³-hybridized carbons (Fsp3) is 0.400. The van der Waals surface area contributed by atoms with Crippen LogP contribution in [0.15, 0.2) is 22.1 Å². The highest BCUT2D eigenvalue weighted by molar-refractivity contribution is 5.90. The first-order valence-electron chi connectivity index (χ1n) is 5.03. The van der Waals surface area contributed by atoms with Gasteiger partial charge in [-0.25, -0.2) is 9.78 Å². The normalized spacial score (nSPS) is 13.8. The molecule has 2 rings (SSSR count). The monoisotopic (exact) mass is 222 g/mol. The van der Waals surface area contributed by atoms with Crippen LogP contribution >= 0.6 is 0 Å². The van der Waals surface area contributed by atoms with Crippen molar-refractivity contribution in [3.63, 3.8) is 0 Å². The highest BCUT2D eigenvalue weighted by Crippen LogP contribution is 1.97. The molecule has 16 heavy (non-hydrogen) atoms. The fourth-order valence-electron chi connectivity index (χ4n) is 1.13. The van der Waals surface area contributed by atoms with Crippen LogP contribution < -0.4 is 11.4 Å². The van der Waals surface area contributed by atoms with E-state index in [4.69, 9.17) is 5.73 Å². The molecule has 1 aromatic rings. The Morgan fingerprint density at radius 3 is 2.56 bits per heavy atom. The summed E-state index contributed by atoms with van der Waals surface area (Å²) in [5, 5.41) is 0. The highest BCUT2D eigenvalue weighted by atomic mass is 16.2. The quantitative estimate of drug-likeness (QED) is 0.705. The standard InChI is InChI=1S/C5H5N3O2.C5H9N/c6-4(9)3-1-2-7-5(10)8-3;1-2-4-6-5-3-1/h1-2H,(H2,6,9)(H,7,8,10);4H,1-3,5H2. The summed E-state index contributed by atoms with van der Waals surface area (Å²) in [6.07, 6.45) is 7.10. The summed E-state index contributed by atoms with van der Waals surface area (Å²) in [4.78, 5) is 30.3. The predicted molar refractivity (Wildman–Crippen MR) is 60.6 cm³/mol. The third kappa shape index (κ3) is 4.50. The largest absolute Gasteiger partial charge is 0.364 e. The molecule has 1 aliphatic heterocycles. The van der Waals surface area contributed by atoms with Crippen molar-refractivity contribution >= 4 is 12.1 Å². The minimum absolute atomic E-state index is 0.0694. The molecule has 0 aromatic carbocycles. The molecule has 0 bridgehead atoms. The van der Waals surface area contributed by atoms with Crippen LogP contribution in [0.25, 0.3) is 0 Å². The highest BCUT2D eigenvalue weighted by Gasteiger charge is 1.97. The Balaban J connectivity index is 0.000000181. The van der Waals surface area contributed by atoms with Crippen molar-refractivity contribution in [1.29, 1.82) is 0 Å². The number of carbonyl (C=O) groups is 1. The van der Waals surface area contributed by atoms with Crippen molar-refractivity contribution in [3.05, 3.63) is 28.4 Å². The number of hydrogen-bond acceptors (Lipinski definition) is 4. The third-order valence-corrected chi connectivity index (χ3v) is 1.94. The van der Waals surface area contributed by atoms with E-state index in [2.05, 4.69) is 15.0 Å². The third-order valence-electron chi connectivity index (χ3n) is 1.94. The number of amides is 1. The Morgan fingerprint density at radius 2 is 2.25 bits per heavy atom. The molecule has 1 amide bonds. The molecule has 2 heterocycles. The molecule has 0 saturated carbocycles. The Bertz CT molecular complexity index is 417. The molecular weight excluding hydrogens is 208 g/mol. The number of hydrogen-bond donors (Lipinski definition) is 2. The van der Waals surface area contributed by atoms with Crippen LogP contribution in [0, 0.1) is 0 Å². The van der Waals surface area contributed by atoms with E-state index in [0.29, 0.717) is 0 Å². The van der Waals surface area contributed by atoms with Crippen molar-refractivity contribution in [2.75, 3.05) is 6.54 Å². The van der Waals surface area contributed by atoms with Crippen molar-refractivity contribution in [3.8, 4) is 0 Å². The number of aromatic amines is 1. The van der Waals surface area contributed by atoms with E-state index in [1.807, 2.05) is 6.21 Å². The second-order valence-corrected chi connectivity index (χ2v) is 3.24. The van der Waals surface area contributed by atoms with E-state index in [1.54, 1.807) is 0 Å². The Morgan fingerprint density at radius 1 is 1.44 bits per heavy atom. The van der Waals surface area contributed by atoms with Gasteiger partial charge in [-0.05, 0) is 31.5 Å². The van der Waals surface area contributed by atoms with Crippen LogP contribution in [0.2, 0.25) is 0 Å². The number of carbonyl (C=O) groups excluding carboxylic acids is 1. The lowest BCUT2D eigenvalue weighted by Crippen LogP contribution is -2.19. The van der Waals surface area contributed by atoms with Gasteiger partial charge in [0.05, 0.1) is 0 Å². The fourth-order valence-corrected chi connectivity index (χ4v) is 1.13. The van der Waals surface area contributed by atoms with Gasteiger partial charge in [-0.2, -0.15) is 0 Å².